The normalized spacial score (nSPS) is 23.3. The molecule has 2 saturated heterocycles. The molecule has 0 aromatic carbocycles. The van der Waals surface area contributed by atoms with Crippen LogP contribution in [0.5, 0.6) is 0 Å². The molecule has 2 aliphatic heterocycles. The number of carbonyl (C=O) groups is 1. The van der Waals surface area contributed by atoms with Crippen molar-refractivity contribution in [2.24, 2.45) is 0 Å². The second-order valence-corrected chi connectivity index (χ2v) is 5.74. The fraction of sp³-hybridized carbons (Fsp3) is 0.667. The van der Waals surface area contributed by atoms with Gasteiger partial charge in [0.05, 0.1) is 19.5 Å². The van der Waals surface area contributed by atoms with E-state index in [1.54, 1.807) is 6.20 Å². The van der Waals surface area contributed by atoms with Crippen LogP contribution in [-0.2, 0) is 4.74 Å². The fourth-order valence-corrected chi connectivity index (χ4v) is 3.23. The third kappa shape index (κ3) is 3.15. The summed E-state index contributed by atoms with van der Waals surface area (Å²) >= 11 is 0. The van der Waals surface area contributed by atoms with E-state index in [1.165, 1.54) is 52.1 Å². The van der Waals surface area contributed by atoms with Gasteiger partial charge >= 0.3 is 5.97 Å². The quantitative estimate of drug-likeness (QED) is 0.783. The molecule has 0 radical (unpaired) electrons. The van der Waals surface area contributed by atoms with Crippen LogP contribution in [0.2, 0.25) is 0 Å². The van der Waals surface area contributed by atoms with Gasteiger partial charge in [0.2, 0.25) is 0 Å². The van der Waals surface area contributed by atoms with Crippen molar-refractivity contribution in [3.63, 3.8) is 0 Å². The molecule has 6 nitrogen and oxygen atoms in total. The molecule has 0 N–H and O–H groups in total. The molecule has 0 spiro atoms. The van der Waals surface area contributed by atoms with Crippen LogP contribution >= 0.6 is 0 Å². The standard InChI is InChI=1S/C15H22N4O2/c1-21-15(20)13-9-17-14(10-16-13)19-8-5-12(11-19)18-6-3-2-4-7-18/h9-10,12H,2-8,11H2,1H3. The second-order valence-electron chi connectivity index (χ2n) is 5.74. The Balaban J connectivity index is 1.61. The molecule has 2 fully saturated rings. The van der Waals surface area contributed by atoms with Gasteiger partial charge in [-0.25, -0.2) is 14.8 Å². The zero-order chi connectivity index (χ0) is 14.7. The number of aromatic nitrogens is 2. The lowest BCUT2D eigenvalue weighted by Gasteiger charge is -2.32. The number of nitrogens with zero attached hydrogens (tertiary/aromatic N) is 4. The lowest BCUT2D eigenvalue weighted by Crippen LogP contribution is -2.41. The van der Waals surface area contributed by atoms with E-state index < -0.39 is 5.97 Å². The van der Waals surface area contributed by atoms with Crippen LogP contribution in [0.1, 0.15) is 36.2 Å². The van der Waals surface area contributed by atoms with Gasteiger partial charge in [-0.15, -0.1) is 0 Å². The first-order chi connectivity index (χ1) is 10.3. The van der Waals surface area contributed by atoms with Crippen LogP contribution in [0.4, 0.5) is 5.82 Å². The van der Waals surface area contributed by atoms with Crippen molar-refractivity contribution < 1.29 is 9.53 Å². The fourth-order valence-electron chi connectivity index (χ4n) is 3.23. The van der Waals surface area contributed by atoms with E-state index in [0.717, 1.165) is 18.9 Å². The summed E-state index contributed by atoms with van der Waals surface area (Å²) in [6, 6.07) is 0.632. The predicted molar refractivity (Wildman–Crippen MR) is 79.4 cm³/mol. The SMILES string of the molecule is COC(=O)c1cnc(N2CCC(N3CCCCC3)C2)cn1. The second kappa shape index (κ2) is 6.39. The molecule has 3 rings (SSSR count). The Morgan fingerprint density at radius 2 is 2.00 bits per heavy atom. The van der Waals surface area contributed by atoms with Gasteiger partial charge in [0.15, 0.2) is 5.69 Å². The average Bonchev–Trinajstić information content (AvgIpc) is 3.05. The van der Waals surface area contributed by atoms with Gasteiger partial charge in [-0.2, -0.15) is 0 Å². The van der Waals surface area contributed by atoms with Crippen molar-refractivity contribution in [2.75, 3.05) is 38.2 Å². The third-order valence-electron chi connectivity index (χ3n) is 4.43. The smallest absolute Gasteiger partial charge is 0.358 e. The van der Waals surface area contributed by atoms with E-state index in [2.05, 4.69) is 24.5 Å². The van der Waals surface area contributed by atoms with Gasteiger partial charge in [0, 0.05) is 19.1 Å². The summed E-state index contributed by atoms with van der Waals surface area (Å²) in [6.07, 6.45) is 8.36. The van der Waals surface area contributed by atoms with Crippen LogP contribution in [0.25, 0.3) is 0 Å². The molecule has 0 bridgehead atoms. The summed E-state index contributed by atoms with van der Waals surface area (Å²) in [5.41, 5.74) is 0.257. The molecule has 21 heavy (non-hydrogen) atoms. The summed E-state index contributed by atoms with van der Waals surface area (Å²) in [7, 11) is 1.35. The van der Waals surface area contributed by atoms with Crippen molar-refractivity contribution in [3.05, 3.63) is 18.1 Å². The first-order valence-corrected chi connectivity index (χ1v) is 7.67. The Morgan fingerprint density at radius 1 is 1.19 bits per heavy atom. The predicted octanol–water partition coefficient (Wildman–Crippen LogP) is 1.33. The van der Waals surface area contributed by atoms with Crippen LogP contribution in [0, 0.1) is 0 Å². The van der Waals surface area contributed by atoms with Gasteiger partial charge in [-0.1, -0.05) is 6.42 Å². The minimum absolute atomic E-state index is 0.257. The molecule has 0 aliphatic carbocycles. The topological polar surface area (TPSA) is 58.6 Å². The van der Waals surface area contributed by atoms with Crippen LogP contribution < -0.4 is 4.90 Å². The number of methoxy groups -OCH3 is 1. The number of anilines is 1. The summed E-state index contributed by atoms with van der Waals surface area (Å²) < 4.78 is 4.64. The summed E-state index contributed by atoms with van der Waals surface area (Å²) in [6.45, 7) is 4.47. The first-order valence-electron chi connectivity index (χ1n) is 7.67. The highest BCUT2D eigenvalue weighted by atomic mass is 16.5. The number of ether oxygens (including phenoxy) is 1. The molecule has 1 unspecified atom stereocenters. The van der Waals surface area contributed by atoms with Gasteiger partial charge in [0.1, 0.15) is 5.82 Å². The minimum Gasteiger partial charge on any atom is -0.464 e. The molecular weight excluding hydrogens is 268 g/mol. The molecule has 0 amide bonds. The van der Waals surface area contributed by atoms with Crippen molar-refractivity contribution in [3.8, 4) is 0 Å². The lowest BCUT2D eigenvalue weighted by atomic mass is 10.1. The summed E-state index contributed by atoms with van der Waals surface area (Å²) in [5, 5.41) is 0. The third-order valence-corrected chi connectivity index (χ3v) is 4.43. The highest BCUT2D eigenvalue weighted by Gasteiger charge is 2.29. The van der Waals surface area contributed by atoms with Gasteiger partial charge in [0.25, 0.3) is 0 Å². The molecule has 2 aliphatic rings. The molecule has 1 aromatic rings. The largest absolute Gasteiger partial charge is 0.464 e. The number of carbonyl (C=O) groups excluding carboxylic acids is 1. The number of hydrogen-bond acceptors (Lipinski definition) is 6. The van der Waals surface area contributed by atoms with Gasteiger partial charge < -0.3 is 9.64 Å². The Kier molecular flexibility index (Phi) is 4.34. The minimum atomic E-state index is -0.443. The number of likely N-dealkylation sites (tertiary alicyclic amines) is 1. The summed E-state index contributed by atoms with van der Waals surface area (Å²) in [4.78, 5) is 24.7. The van der Waals surface area contributed by atoms with Crippen molar-refractivity contribution in [2.45, 2.75) is 31.7 Å². The number of piperidine rings is 1. The van der Waals surface area contributed by atoms with Gasteiger partial charge in [-0.3, -0.25) is 4.90 Å². The lowest BCUT2D eigenvalue weighted by molar-refractivity contribution is 0.0593. The molecule has 114 valence electrons. The monoisotopic (exact) mass is 290 g/mol. The van der Waals surface area contributed by atoms with Crippen LogP contribution in [0.3, 0.4) is 0 Å². The molecule has 1 atom stereocenters. The van der Waals surface area contributed by atoms with E-state index >= 15 is 0 Å². The number of hydrogen-bond donors (Lipinski definition) is 0. The van der Waals surface area contributed by atoms with Crippen LogP contribution in [0.15, 0.2) is 12.4 Å². The Morgan fingerprint density at radius 3 is 2.67 bits per heavy atom. The Bertz CT molecular complexity index is 485. The molecule has 3 heterocycles. The summed E-state index contributed by atoms with van der Waals surface area (Å²) in [5.74, 6) is 0.406. The maximum Gasteiger partial charge on any atom is 0.358 e. The van der Waals surface area contributed by atoms with Crippen molar-refractivity contribution >= 4 is 11.8 Å². The van der Waals surface area contributed by atoms with Crippen molar-refractivity contribution in [1.82, 2.24) is 14.9 Å². The number of esters is 1. The molecule has 0 saturated carbocycles. The average molecular weight is 290 g/mol. The number of rotatable bonds is 3. The van der Waals surface area contributed by atoms with Crippen LogP contribution in [-0.4, -0.2) is 60.2 Å². The maximum absolute atomic E-state index is 11.4. The molecule has 6 heteroatoms. The zero-order valence-corrected chi connectivity index (χ0v) is 12.5. The van der Waals surface area contributed by atoms with E-state index in [9.17, 15) is 4.79 Å². The Hall–Kier alpha value is -1.69. The van der Waals surface area contributed by atoms with Gasteiger partial charge in [-0.05, 0) is 32.4 Å². The molecular formula is C15H22N4O2. The Labute approximate surface area is 125 Å². The highest BCUT2D eigenvalue weighted by molar-refractivity contribution is 5.86. The first kappa shape index (κ1) is 14.3. The van der Waals surface area contributed by atoms with E-state index in [-0.39, 0.29) is 5.69 Å². The van der Waals surface area contributed by atoms with Crippen molar-refractivity contribution in [1.29, 1.82) is 0 Å². The van der Waals surface area contributed by atoms with E-state index in [1.807, 2.05) is 0 Å². The molecule has 1 aromatic heterocycles. The van der Waals surface area contributed by atoms with E-state index in [0.29, 0.717) is 6.04 Å². The zero-order valence-electron chi connectivity index (χ0n) is 12.5. The maximum atomic E-state index is 11.4. The highest BCUT2D eigenvalue weighted by Crippen LogP contribution is 2.23. The van der Waals surface area contributed by atoms with E-state index in [4.69, 9.17) is 0 Å².